The first-order valence-corrected chi connectivity index (χ1v) is 8.25. The molecule has 0 aromatic carbocycles. The van der Waals surface area contributed by atoms with Crippen molar-refractivity contribution in [3.63, 3.8) is 0 Å². The number of aliphatic imine (C=N–C) groups is 1. The SMILES string of the molecule is CCCCNC(=NC)NCCOCCS(C)(=O)=O.I. The van der Waals surface area contributed by atoms with Gasteiger partial charge in [0.05, 0.1) is 19.0 Å². The van der Waals surface area contributed by atoms with Crippen LogP contribution in [0.5, 0.6) is 0 Å². The second kappa shape index (κ2) is 12.9. The number of guanidine groups is 1. The van der Waals surface area contributed by atoms with E-state index in [1.54, 1.807) is 7.05 Å². The lowest BCUT2D eigenvalue weighted by Gasteiger charge is -2.11. The van der Waals surface area contributed by atoms with Crippen LogP contribution in [0.4, 0.5) is 0 Å². The summed E-state index contributed by atoms with van der Waals surface area (Å²) in [4.78, 5) is 4.06. The van der Waals surface area contributed by atoms with Gasteiger partial charge in [0, 0.05) is 26.4 Å². The molecule has 2 N–H and O–H groups in total. The number of unbranched alkanes of at least 4 members (excludes halogenated alkanes) is 1. The third-order valence-electron chi connectivity index (χ3n) is 2.18. The fourth-order valence-electron chi connectivity index (χ4n) is 1.16. The molecule has 0 heterocycles. The van der Waals surface area contributed by atoms with Crippen molar-refractivity contribution < 1.29 is 13.2 Å². The number of hydrogen-bond acceptors (Lipinski definition) is 4. The number of hydrogen-bond donors (Lipinski definition) is 2. The maximum Gasteiger partial charge on any atom is 0.191 e. The van der Waals surface area contributed by atoms with Gasteiger partial charge in [-0.25, -0.2) is 8.42 Å². The van der Waals surface area contributed by atoms with Gasteiger partial charge in [-0.1, -0.05) is 13.3 Å². The Kier molecular flexibility index (Phi) is 14.4. The minimum atomic E-state index is -2.93. The minimum absolute atomic E-state index is 0. The smallest absolute Gasteiger partial charge is 0.191 e. The van der Waals surface area contributed by atoms with Crippen molar-refractivity contribution in [3.05, 3.63) is 0 Å². The molecule has 116 valence electrons. The van der Waals surface area contributed by atoms with Crippen molar-refractivity contribution in [2.75, 3.05) is 45.4 Å². The Morgan fingerprint density at radius 1 is 1.21 bits per heavy atom. The first kappa shape index (κ1) is 21.2. The first-order chi connectivity index (χ1) is 8.49. The second-order valence-corrected chi connectivity index (χ2v) is 6.28. The fraction of sp³-hybridized carbons (Fsp3) is 0.909. The van der Waals surface area contributed by atoms with Crippen molar-refractivity contribution in [2.45, 2.75) is 19.8 Å². The molecule has 0 unspecified atom stereocenters. The maximum atomic E-state index is 10.8. The van der Waals surface area contributed by atoms with Crippen molar-refractivity contribution in [1.82, 2.24) is 10.6 Å². The largest absolute Gasteiger partial charge is 0.379 e. The van der Waals surface area contributed by atoms with E-state index in [1.165, 1.54) is 6.26 Å². The Morgan fingerprint density at radius 3 is 2.37 bits per heavy atom. The Morgan fingerprint density at radius 2 is 1.84 bits per heavy atom. The highest BCUT2D eigenvalue weighted by atomic mass is 127. The molecule has 6 nitrogen and oxygen atoms in total. The third-order valence-corrected chi connectivity index (χ3v) is 3.09. The topological polar surface area (TPSA) is 79.8 Å². The van der Waals surface area contributed by atoms with Crippen LogP contribution in [0.25, 0.3) is 0 Å². The van der Waals surface area contributed by atoms with Gasteiger partial charge in [-0.05, 0) is 6.42 Å². The van der Waals surface area contributed by atoms with E-state index in [9.17, 15) is 8.42 Å². The molecule has 0 saturated heterocycles. The summed E-state index contributed by atoms with van der Waals surface area (Å²) in [6, 6.07) is 0. The van der Waals surface area contributed by atoms with Gasteiger partial charge in [-0.3, -0.25) is 4.99 Å². The Bertz CT molecular complexity index is 334. The molecule has 8 heteroatoms. The molecule has 0 radical (unpaired) electrons. The summed E-state index contributed by atoms with van der Waals surface area (Å²) in [5.41, 5.74) is 0. The number of ether oxygens (including phenoxy) is 1. The zero-order valence-electron chi connectivity index (χ0n) is 11.9. The van der Waals surface area contributed by atoms with E-state index >= 15 is 0 Å². The summed E-state index contributed by atoms with van der Waals surface area (Å²) >= 11 is 0. The average Bonchev–Trinajstić information content (AvgIpc) is 2.30. The molecule has 0 atom stereocenters. The zero-order valence-corrected chi connectivity index (χ0v) is 15.1. The summed E-state index contributed by atoms with van der Waals surface area (Å²) in [5.74, 6) is 0.811. The molecular weight excluding hydrogens is 381 g/mol. The van der Waals surface area contributed by atoms with Crippen LogP contribution in [0.3, 0.4) is 0 Å². The number of halogens is 1. The average molecular weight is 407 g/mol. The van der Waals surface area contributed by atoms with Crippen LogP contribution in [0.15, 0.2) is 4.99 Å². The lowest BCUT2D eigenvalue weighted by Crippen LogP contribution is -2.39. The van der Waals surface area contributed by atoms with Gasteiger partial charge in [0.2, 0.25) is 0 Å². The predicted molar refractivity (Wildman–Crippen MR) is 90.2 cm³/mol. The third kappa shape index (κ3) is 15.9. The van der Waals surface area contributed by atoms with Gasteiger partial charge < -0.3 is 15.4 Å². The summed E-state index contributed by atoms with van der Waals surface area (Å²) < 4.78 is 26.9. The molecule has 0 spiro atoms. The molecule has 0 bridgehead atoms. The quantitative estimate of drug-likeness (QED) is 0.254. The molecule has 0 aliphatic carbocycles. The van der Waals surface area contributed by atoms with E-state index in [0.717, 1.165) is 25.3 Å². The van der Waals surface area contributed by atoms with E-state index in [4.69, 9.17) is 4.74 Å². The highest BCUT2D eigenvalue weighted by Crippen LogP contribution is 1.84. The molecule has 0 amide bonds. The Balaban J connectivity index is 0. The molecular formula is C11H26IN3O3S. The monoisotopic (exact) mass is 407 g/mol. The molecule has 0 rings (SSSR count). The lowest BCUT2D eigenvalue weighted by atomic mass is 10.3. The van der Waals surface area contributed by atoms with Gasteiger partial charge in [-0.2, -0.15) is 0 Å². The van der Waals surface area contributed by atoms with Crippen LogP contribution in [-0.2, 0) is 14.6 Å². The predicted octanol–water partition coefficient (Wildman–Crippen LogP) is 0.631. The van der Waals surface area contributed by atoms with E-state index < -0.39 is 9.84 Å². The van der Waals surface area contributed by atoms with Crippen LogP contribution in [0.2, 0.25) is 0 Å². The molecule has 0 aromatic heterocycles. The molecule has 0 fully saturated rings. The molecule has 19 heavy (non-hydrogen) atoms. The van der Waals surface area contributed by atoms with E-state index in [2.05, 4.69) is 22.5 Å². The van der Waals surface area contributed by atoms with Crippen LogP contribution >= 0.6 is 24.0 Å². The van der Waals surface area contributed by atoms with Gasteiger partial charge in [-0.15, -0.1) is 24.0 Å². The highest BCUT2D eigenvalue weighted by molar-refractivity contribution is 14.0. The fourth-order valence-corrected chi connectivity index (χ4v) is 1.58. The number of nitrogens with one attached hydrogen (secondary N) is 2. The van der Waals surface area contributed by atoms with Crippen molar-refractivity contribution >= 4 is 39.8 Å². The van der Waals surface area contributed by atoms with E-state index in [0.29, 0.717) is 13.2 Å². The first-order valence-electron chi connectivity index (χ1n) is 6.19. The summed E-state index contributed by atoms with van der Waals surface area (Å²) in [6.45, 7) is 4.33. The lowest BCUT2D eigenvalue weighted by molar-refractivity contribution is 0.154. The van der Waals surface area contributed by atoms with Gasteiger partial charge in [0.1, 0.15) is 9.84 Å². The van der Waals surface area contributed by atoms with Gasteiger partial charge in [0.25, 0.3) is 0 Å². The summed E-state index contributed by atoms with van der Waals surface area (Å²) in [5, 5.41) is 6.26. The van der Waals surface area contributed by atoms with Crippen molar-refractivity contribution in [1.29, 1.82) is 0 Å². The van der Waals surface area contributed by atoms with E-state index in [-0.39, 0.29) is 36.3 Å². The minimum Gasteiger partial charge on any atom is -0.379 e. The molecule has 0 aliphatic heterocycles. The van der Waals surface area contributed by atoms with Crippen LogP contribution in [0.1, 0.15) is 19.8 Å². The van der Waals surface area contributed by atoms with Crippen LogP contribution in [0, 0.1) is 0 Å². The zero-order chi connectivity index (χ0) is 13.9. The van der Waals surface area contributed by atoms with Gasteiger partial charge >= 0.3 is 0 Å². The summed E-state index contributed by atoms with van der Waals surface area (Å²) in [6.07, 6.45) is 3.44. The van der Waals surface area contributed by atoms with Crippen molar-refractivity contribution in [3.8, 4) is 0 Å². The Labute approximate surface area is 133 Å². The number of nitrogens with zero attached hydrogens (tertiary/aromatic N) is 1. The van der Waals surface area contributed by atoms with Crippen molar-refractivity contribution in [2.24, 2.45) is 4.99 Å². The number of sulfone groups is 1. The molecule has 0 aromatic rings. The molecule has 0 aliphatic rings. The second-order valence-electron chi connectivity index (χ2n) is 4.02. The van der Waals surface area contributed by atoms with E-state index in [1.807, 2.05) is 0 Å². The van der Waals surface area contributed by atoms with Crippen LogP contribution < -0.4 is 10.6 Å². The highest BCUT2D eigenvalue weighted by Gasteiger charge is 2.01. The standard InChI is InChI=1S/C11H25N3O3S.HI/c1-4-5-6-13-11(12-2)14-7-8-17-9-10-18(3,15)16;/h4-10H2,1-3H3,(H2,12,13,14);1H. The van der Waals surface area contributed by atoms with Gasteiger partial charge in [0.15, 0.2) is 5.96 Å². The number of rotatable bonds is 9. The molecule has 0 saturated carbocycles. The Hall–Kier alpha value is -0.0900. The summed E-state index contributed by atoms with van der Waals surface area (Å²) in [7, 11) is -1.21. The van der Waals surface area contributed by atoms with Crippen LogP contribution in [-0.4, -0.2) is 59.7 Å². The maximum absolute atomic E-state index is 10.8. The normalized spacial score (nSPS) is 11.8.